The minimum Gasteiger partial charge on any atom is -0.481 e. The van der Waals surface area contributed by atoms with Gasteiger partial charge in [-0.1, -0.05) is 0 Å². The first-order valence-corrected chi connectivity index (χ1v) is 5.50. The highest BCUT2D eigenvalue weighted by Crippen LogP contribution is 2.61. The van der Waals surface area contributed by atoms with Gasteiger partial charge in [0.15, 0.2) is 0 Å². The van der Waals surface area contributed by atoms with E-state index < -0.39 is 41.4 Å². The predicted molar refractivity (Wildman–Crippen MR) is 53.8 cm³/mol. The SMILES string of the molecule is CC1(C)CC(O)(C2(C(=O)O)CC(F)(F)C2)CO1. The van der Waals surface area contributed by atoms with Crippen molar-refractivity contribution < 1.29 is 28.5 Å². The lowest BCUT2D eigenvalue weighted by atomic mass is 9.55. The summed E-state index contributed by atoms with van der Waals surface area (Å²) < 4.78 is 31.3. The Morgan fingerprint density at radius 3 is 2.06 bits per heavy atom. The van der Waals surface area contributed by atoms with Crippen LogP contribution in [0.4, 0.5) is 8.78 Å². The van der Waals surface area contributed by atoms with E-state index in [-0.39, 0.29) is 13.0 Å². The van der Waals surface area contributed by atoms with E-state index in [1.807, 2.05) is 0 Å². The second-order valence-corrected chi connectivity index (χ2v) is 5.85. The topological polar surface area (TPSA) is 66.8 Å². The molecule has 2 N–H and O–H groups in total. The van der Waals surface area contributed by atoms with Crippen LogP contribution in [0.5, 0.6) is 0 Å². The number of rotatable bonds is 2. The van der Waals surface area contributed by atoms with E-state index >= 15 is 0 Å². The molecule has 2 aliphatic rings. The lowest BCUT2D eigenvalue weighted by molar-refractivity contribution is -0.243. The van der Waals surface area contributed by atoms with Crippen LogP contribution >= 0.6 is 0 Å². The van der Waals surface area contributed by atoms with Crippen molar-refractivity contribution in [2.75, 3.05) is 6.61 Å². The summed E-state index contributed by atoms with van der Waals surface area (Å²) in [5, 5.41) is 19.5. The van der Waals surface area contributed by atoms with Gasteiger partial charge in [0, 0.05) is 19.3 Å². The zero-order valence-corrected chi connectivity index (χ0v) is 9.80. The molecule has 1 saturated carbocycles. The van der Waals surface area contributed by atoms with Gasteiger partial charge < -0.3 is 14.9 Å². The lowest BCUT2D eigenvalue weighted by Crippen LogP contribution is -2.64. The number of alkyl halides is 2. The second-order valence-electron chi connectivity index (χ2n) is 5.85. The maximum atomic E-state index is 13.0. The molecule has 2 fully saturated rings. The largest absolute Gasteiger partial charge is 0.481 e. The summed E-state index contributed by atoms with van der Waals surface area (Å²) in [6.07, 6.45) is -1.57. The number of aliphatic hydroxyl groups is 1. The normalized spacial score (nSPS) is 37.5. The highest BCUT2D eigenvalue weighted by atomic mass is 19.3. The molecule has 1 heterocycles. The first kappa shape index (κ1) is 12.7. The van der Waals surface area contributed by atoms with Gasteiger partial charge in [0.1, 0.15) is 11.0 Å². The molecule has 0 radical (unpaired) electrons. The molecule has 1 atom stereocenters. The third-order valence-corrected chi connectivity index (χ3v) is 3.84. The van der Waals surface area contributed by atoms with E-state index in [1.165, 1.54) is 0 Å². The van der Waals surface area contributed by atoms with E-state index in [0.717, 1.165) is 0 Å². The van der Waals surface area contributed by atoms with Gasteiger partial charge in [-0.25, -0.2) is 8.78 Å². The molecule has 1 saturated heterocycles. The quantitative estimate of drug-likeness (QED) is 0.777. The first-order chi connectivity index (χ1) is 7.52. The Labute approximate surface area is 97.6 Å². The molecule has 0 amide bonds. The van der Waals surface area contributed by atoms with Gasteiger partial charge in [-0.15, -0.1) is 0 Å². The van der Waals surface area contributed by atoms with Gasteiger partial charge in [0.25, 0.3) is 5.92 Å². The second kappa shape index (κ2) is 3.17. The van der Waals surface area contributed by atoms with E-state index in [9.17, 15) is 18.7 Å². The highest BCUT2D eigenvalue weighted by molar-refractivity contribution is 5.78. The molecule has 4 nitrogen and oxygen atoms in total. The summed E-state index contributed by atoms with van der Waals surface area (Å²) in [5.74, 6) is -4.37. The third kappa shape index (κ3) is 1.74. The van der Waals surface area contributed by atoms with Gasteiger partial charge in [-0.05, 0) is 13.8 Å². The summed E-state index contributed by atoms with van der Waals surface area (Å²) in [7, 11) is 0. The molecular formula is C11H16F2O4. The number of aliphatic carboxylic acids is 1. The summed E-state index contributed by atoms with van der Waals surface area (Å²) >= 11 is 0. The molecule has 2 rings (SSSR count). The molecule has 0 aromatic heterocycles. The van der Waals surface area contributed by atoms with Crippen LogP contribution in [0.3, 0.4) is 0 Å². The Balaban J connectivity index is 2.28. The van der Waals surface area contributed by atoms with Gasteiger partial charge in [0.2, 0.25) is 0 Å². The minimum absolute atomic E-state index is 0.0579. The Bertz CT molecular complexity index is 358. The molecule has 0 aromatic carbocycles. The van der Waals surface area contributed by atoms with Crippen LogP contribution in [0, 0.1) is 5.41 Å². The summed E-state index contributed by atoms with van der Waals surface area (Å²) in [6, 6.07) is 0. The Morgan fingerprint density at radius 1 is 1.24 bits per heavy atom. The third-order valence-electron chi connectivity index (χ3n) is 3.84. The van der Waals surface area contributed by atoms with Crippen molar-refractivity contribution in [3.8, 4) is 0 Å². The smallest absolute Gasteiger partial charge is 0.313 e. The van der Waals surface area contributed by atoms with Crippen molar-refractivity contribution in [2.24, 2.45) is 5.41 Å². The fourth-order valence-corrected chi connectivity index (χ4v) is 2.94. The van der Waals surface area contributed by atoms with Crippen molar-refractivity contribution in [2.45, 2.75) is 50.2 Å². The number of carboxylic acids is 1. The molecule has 0 aromatic rings. The molecule has 6 heteroatoms. The Hall–Kier alpha value is -0.750. The lowest BCUT2D eigenvalue weighted by Gasteiger charge is -2.51. The molecule has 1 unspecified atom stereocenters. The predicted octanol–water partition coefficient (Wildman–Crippen LogP) is 1.42. The molecule has 1 aliphatic heterocycles. The first-order valence-electron chi connectivity index (χ1n) is 5.50. The zero-order valence-electron chi connectivity index (χ0n) is 9.80. The van der Waals surface area contributed by atoms with Gasteiger partial charge in [-0.3, -0.25) is 4.79 Å². The van der Waals surface area contributed by atoms with E-state index in [1.54, 1.807) is 13.8 Å². The van der Waals surface area contributed by atoms with Crippen molar-refractivity contribution >= 4 is 5.97 Å². The van der Waals surface area contributed by atoms with Gasteiger partial charge >= 0.3 is 5.97 Å². The Kier molecular flexibility index (Phi) is 2.37. The number of carbonyl (C=O) groups is 1. The monoisotopic (exact) mass is 250 g/mol. The molecule has 1 aliphatic carbocycles. The molecule has 0 spiro atoms. The van der Waals surface area contributed by atoms with Crippen LogP contribution in [0.15, 0.2) is 0 Å². The van der Waals surface area contributed by atoms with Crippen LogP contribution in [-0.2, 0) is 9.53 Å². The van der Waals surface area contributed by atoms with Crippen molar-refractivity contribution in [3.63, 3.8) is 0 Å². The van der Waals surface area contributed by atoms with Crippen LogP contribution in [0.1, 0.15) is 33.1 Å². The molecule has 0 bridgehead atoms. The maximum Gasteiger partial charge on any atom is 0.313 e. The van der Waals surface area contributed by atoms with E-state index in [2.05, 4.69) is 0 Å². The summed E-state index contributed by atoms with van der Waals surface area (Å²) in [6.45, 7) is 3.21. The van der Waals surface area contributed by atoms with Gasteiger partial charge in [-0.2, -0.15) is 0 Å². The zero-order chi connectivity index (χ0) is 13.1. The number of carboxylic acid groups (broad SMARTS) is 1. The average molecular weight is 250 g/mol. The van der Waals surface area contributed by atoms with E-state index in [0.29, 0.717) is 0 Å². The van der Waals surface area contributed by atoms with Crippen molar-refractivity contribution in [1.29, 1.82) is 0 Å². The standard InChI is InChI=1S/C11H16F2O4/c1-8(2)3-10(16,6-17-8)9(7(14)15)4-11(12,13)5-9/h16H,3-6H2,1-2H3,(H,14,15). The number of halogens is 2. The number of hydrogen-bond acceptors (Lipinski definition) is 3. The fraction of sp³-hybridized carbons (Fsp3) is 0.909. The fourth-order valence-electron chi connectivity index (χ4n) is 2.94. The Morgan fingerprint density at radius 2 is 1.76 bits per heavy atom. The van der Waals surface area contributed by atoms with Crippen LogP contribution in [0.2, 0.25) is 0 Å². The average Bonchev–Trinajstić information content (AvgIpc) is 2.36. The molecule has 17 heavy (non-hydrogen) atoms. The van der Waals surface area contributed by atoms with Crippen LogP contribution < -0.4 is 0 Å². The van der Waals surface area contributed by atoms with Crippen LogP contribution in [-0.4, -0.2) is 39.9 Å². The highest BCUT2D eigenvalue weighted by Gasteiger charge is 2.72. The van der Waals surface area contributed by atoms with Crippen molar-refractivity contribution in [3.05, 3.63) is 0 Å². The number of ether oxygens (including phenoxy) is 1. The van der Waals surface area contributed by atoms with Crippen molar-refractivity contribution in [1.82, 2.24) is 0 Å². The van der Waals surface area contributed by atoms with E-state index in [4.69, 9.17) is 9.84 Å². The molecule has 98 valence electrons. The van der Waals surface area contributed by atoms with Gasteiger partial charge in [0.05, 0.1) is 12.2 Å². The van der Waals surface area contributed by atoms with Crippen LogP contribution in [0.25, 0.3) is 0 Å². The number of hydrogen-bond donors (Lipinski definition) is 2. The summed E-state index contributed by atoms with van der Waals surface area (Å²) in [4.78, 5) is 11.2. The minimum atomic E-state index is -3.00. The molecular weight excluding hydrogens is 234 g/mol. The summed E-state index contributed by atoms with van der Waals surface area (Å²) in [5.41, 5.74) is -4.16. The maximum absolute atomic E-state index is 13.0.